The zero-order valence-electron chi connectivity index (χ0n) is 34.1. The maximum atomic E-state index is 12.8. The fourth-order valence-electron chi connectivity index (χ4n) is 7.42. The molecule has 4 aliphatic heterocycles. The predicted molar refractivity (Wildman–Crippen MR) is 214 cm³/mol. The number of rotatable bonds is 13. The molecule has 0 aliphatic carbocycles. The molecule has 0 saturated carbocycles. The number of aliphatic hydroxyl groups excluding tert-OH is 10. The number of phenols is 5. The summed E-state index contributed by atoms with van der Waals surface area (Å²) in [5, 5.41) is 156. The molecule has 24 nitrogen and oxygen atoms in total. The predicted octanol–water partition coefficient (Wildman–Crippen LogP) is -3.23. The molecule has 66 heavy (non-hydrogen) atoms. The van der Waals surface area contributed by atoms with Crippen LogP contribution < -0.4 is 9.47 Å². The largest absolute Gasteiger partial charge is 0.508 e. The Balaban J connectivity index is 1.24. The molecule has 4 heterocycles. The molecule has 0 spiro atoms. The van der Waals surface area contributed by atoms with Crippen molar-refractivity contribution in [2.75, 3.05) is 19.8 Å². The topological polar surface area (TPSA) is 394 Å². The van der Waals surface area contributed by atoms with Gasteiger partial charge >= 0.3 is 5.97 Å². The van der Waals surface area contributed by atoms with Crippen LogP contribution in [-0.2, 0) is 33.2 Å². The van der Waals surface area contributed by atoms with E-state index in [0.717, 1.165) is 36.4 Å². The maximum Gasteiger partial charge on any atom is 0.330 e. The number of aromatic hydroxyl groups is 5. The fraction of sp³-hybridized carbons (Fsp3) is 0.452. The fourth-order valence-corrected chi connectivity index (χ4v) is 7.42. The second-order valence-corrected chi connectivity index (χ2v) is 15.6. The number of hydrogen-bond acceptors (Lipinski definition) is 24. The maximum absolute atomic E-state index is 12.8. The van der Waals surface area contributed by atoms with Crippen molar-refractivity contribution in [1.29, 1.82) is 0 Å². The van der Waals surface area contributed by atoms with Gasteiger partial charge in [-0.1, -0.05) is 12.1 Å². The zero-order chi connectivity index (χ0) is 47.7. The Kier molecular flexibility index (Phi) is 14.8. The summed E-state index contributed by atoms with van der Waals surface area (Å²) in [7, 11) is 0. The van der Waals surface area contributed by atoms with Gasteiger partial charge in [0, 0.05) is 23.8 Å². The summed E-state index contributed by atoms with van der Waals surface area (Å²) in [4.78, 5) is 12.8. The van der Waals surface area contributed by atoms with Gasteiger partial charge in [-0.15, -0.1) is 0 Å². The number of carbonyl (C=O) groups excluding carboxylic acids is 1. The molecule has 4 aliphatic rings. The molecule has 0 amide bonds. The van der Waals surface area contributed by atoms with Gasteiger partial charge in [0.15, 0.2) is 41.5 Å². The average Bonchev–Trinajstić information content (AvgIpc) is 3.29. The van der Waals surface area contributed by atoms with E-state index in [4.69, 9.17) is 37.9 Å². The molecule has 0 radical (unpaired) electrons. The molecule has 1 unspecified atom stereocenters. The van der Waals surface area contributed by atoms with Gasteiger partial charge in [0.05, 0.1) is 18.8 Å². The van der Waals surface area contributed by atoms with Gasteiger partial charge in [-0.2, -0.15) is 0 Å². The third-order valence-electron chi connectivity index (χ3n) is 11.1. The van der Waals surface area contributed by atoms with Crippen molar-refractivity contribution in [1.82, 2.24) is 0 Å². The summed E-state index contributed by atoms with van der Waals surface area (Å²) in [6, 6.07) is 9.35. The van der Waals surface area contributed by atoms with Crippen LogP contribution in [0.15, 0.2) is 60.4 Å². The Morgan fingerprint density at radius 2 is 1.20 bits per heavy atom. The summed E-state index contributed by atoms with van der Waals surface area (Å²) < 4.78 is 46.6. The van der Waals surface area contributed by atoms with E-state index in [2.05, 4.69) is 0 Å². The number of ether oxygens (including phenoxy) is 8. The van der Waals surface area contributed by atoms with E-state index in [-0.39, 0.29) is 33.9 Å². The number of benzene rings is 3. The van der Waals surface area contributed by atoms with Crippen LogP contribution in [0, 0.1) is 0 Å². The third kappa shape index (κ3) is 10.1. The SMILES string of the molecule is O=C(/C=C/c1ccc(O)c(O)c1)OC[C@H]1O[C@@H](OC2=Cc3c(cc(O)cc3O[C@@H]3O[C@@H](CO)[C@@H](O)[C@H](O)[C@H]3O)OC2c2ccc(O)c(O)c2)[C@H](O[C@@H]2O[C@H](CO)[C@@H](O)[C@H](O)[C@H]2O)[C@H](O)[C@@H]1O. The summed E-state index contributed by atoms with van der Waals surface area (Å²) in [6.07, 6.45) is -25.7. The normalized spacial score (nSPS) is 34.5. The Labute approximate surface area is 372 Å². The number of carbonyl (C=O) groups is 1. The number of fused-ring (bicyclic) bond motifs is 1. The van der Waals surface area contributed by atoms with Crippen molar-refractivity contribution in [2.45, 2.75) is 98.2 Å². The molecule has 3 fully saturated rings. The molecule has 0 aromatic heterocycles. The van der Waals surface area contributed by atoms with E-state index >= 15 is 0 Å². The van der Waals surface area contributed by atoms with Crippen LogP contribution in [0.3, 0.4) is 0 Å². The Morgan fingerprint density at radius 3 is 1.83 bits per heavy atom. The second-order valence-electron chi connectivity index (χ2n) is 15.6. The zero-order valence-corrected chi connectivity index (χ0v) is 34.1. The smallest absolute Gasteiger partial charge is 0.330 e. The van der Waals surface area contributed by atoms with E-state index < -0.39 is 153 Å². The minimum atomic E-state index is -2.09. The summed E-state index contributed by atoms with van der Waals surface area (Å²) in [6.45, 7) is -2.46. The highest BCUT2D eigenvalue weighted by Gasteiger charge is 2.53. The number of phenolic OH excluding ortho intramolecular Hbond substituents is 5. The monoisotopic (exact) mass is 936 g/mol. The van der Waals surface area contributed by atoms with Crippen LogP contribution in [0.4, 0.5) is 0 Å². The quantitative estimate of drug-likeness (QED) is 0.0455. The van der Waals surface area contributed by atoms with Crippen molar-refractivity contribution in [3.63, 3.8) is 0 Å². The van der Waals surface area contributed by atoms with Crippen molar-refractivity contribution in [3.8, 4) is 40.2 Å². The van der Waals surface area contributed by atoms with Crippen molar-refractivity contribution in [3.05, 3.63) is 77.1 Å². The van der Waals surface area contributed by atoms with E-state index in [1.807, 2.05) is 0 Å². The van der Waals surface area contributed by atoms with Crippen molar-refractivity contribution < 1.29 is 119 Å². The minimum absolute atomic E-state index is 0.0592. The van der Waals surface area contributed by atoms with Crippen molar-refractivity contribution >= 4 is 18.1 Å². The molecule has 360 valence electrons. The highest BCUT2D eigenvalue weighted by molar-refractivity contribution is 5.87. The molecule has 7 rings (SSSR count). The summed E-state index contributed by atoms with van der Waals surface area (Å²) in [5.41, 5.74) is 0.260. The van der Waals surface area contributed by atoms with E-state index in [9.17, 15) is 81.4 Å². The molecule has 0 bridgehead atoms. The van der Waals surface area contributed by atoms with Gasteiger partial charge in [-0.05, 0) is 42.0 Å². The Hall–Kier alpha value is -5.55. The first kappa shape index (κ1) is 48.4. The highest BCUT2D eigenvalue weighted by atomic mass is 16.8. The Morgan fingerprint density at radius 1 is 0.606 bits per heavy atom. The number of aliphatic hydroxyl groups is 10. The standard InChI is InChI=1S/C42H48O24/c43-12-26-30(51)33(54)36(57)40(63-26)61-24-10-17(45)9-23-18(24)11-25(38(60-23)16-3-5-20(47)22(49)8-16)62-42-39(66-41-37(58)34(55)31(52)27(13-44)64-41)35(56)32(53)28(65-42)14-59-29(50)6-2-15-1-4-19(46)21(48)7-15/h1-11,26-28,30-49,51-58H,12-14H2/b6-2+/t26-,27+,28+,30+,31+,32+,33-,34-,35+,36+,37+,38?,39+,40+,41-,42+/m0/s1. The molecular formula is C42H48O24. The molecular weight excluding hydrogens is 888 g/mol. The lowest BCUT2D eigenvalue weighted by Gasteiger charge is -2.46. The van der Waals surface area contributed by atoms with E-state index in [0.29, 0.717) is 0 Å². The van der Waals surface area contributed by atoms with Gasteiger partial charge in [-0.3, -0.25) is 0 Å². The lowest BCUT2D eigenvalue weighted by atomic mass is 9.97. The van der Waals surface area contributed by atoms with E-state index in [1.165, 1.54) is 30.4 Å². The van der Waals surface area contributed by atoms with Crippen LogP contribution in [0.25, 0.3) is 12.2 Å². The lowest BCUT2D eigenvalue weighted by molar-refractivity contribution is -0.364. The van der Waals surface area contributed by atoms with Gasteiger partial charge < -0.3 is 114 Å². The second kappa shape index (κ2) is 20.1. The number of esters is 1. The van der Waals surface area contributed by atoms with Gasteiger partial charge in [0.1, 0.15) is 96.8 Å². The first-order chi connectivity index (χ1) is 31.4. The minimum Gasteiger partial charge on any atom is -0.508 e. The van der Waals surface area contributed by atoms with Gasteiger partial charge in [0.2, 0.25) is 12.6 Å². The molecule has 15 N–H and O–H groups in total. The molecule has 16 atom stereocenters. The van der Waals surface area contributed by atoms with Crippen LogP contribution in [0.1, 0.15) is 22.8 Å². The highest BCUT2D eigenvalue weighted by Crippen LogP contribution is 2.47. The molecule has 3 aromatic rings. The van der Waals surface area contributed by atoms with Crippen LogP contribution in [-0.4, -0.2) is 195 Å². The number of hydrogen-bond donors (Lipinski definition) is 15. The first-order valence-electron chi connectivity index (χ1n) is 20.1. The molecule has 3 saturated heterocycles. The lowest BCUT2D eigenvalue weighted by Crippen LogP contribution is -2.64. The molecule has 3 aromatic carbocycles. The van der Waals surface area contributed by atoms with Crippen LogP contribution in [0.2, 0.25) is 0 Å². The first-order valence-corrected chi connectivity index (χ1v) is 20.1. The van der Waals surface area contributed by atoms with Crippen LogP contribution in [0.5, 0.6) is 40.2 Å². The Bertz CT molecular complexity index is 2250. The van der Waals surface area contributed by atoms with E-state index in [1.54, 1.807) is 0 Å². The summed E-state index contributed by atoms with van der Waals surface area (Å²) >= 11 is 0. The van der Waals surface area contributed by atoms with Crippen molar-refractivity contribution in [2.24, 2.45) is 0 Å². The average molecular weight is 937 g/mol. The third-order valence-corrected chi connectivity index (χ3v) is 11.1. The van der Waals surface area contributed by atoms with Crippen LogP contribution >= 0.6 is 0 Å². The molecule has 24 heteroatoms. The summed E-state index contributed by atoms with van der Waals surface area (Å²) in [5.74, 6) is -4.33. The van der Waals surface area contributed by atoms with Gasteiger partial charge in [0.25, 0.3) is 0 Å². The van der Waals surface area contributed by atoms with Gasteiger partial charge in [-0.25, -0.2) is 4.79 Å².